The number of aryl methyl sites for hydroxylation is 1. The molecule has 1 amide bonds. The van der Waals surface area contributed by atoms with Gasteiger partial charge in [-0.2, -0.15) is 0 Å². The summed E-state index contributed by atoms with van der Waals surface area (Å²) in [6, 6.07) is 8.79. The van der Waals surface area contributed by atoms with Gasteiger partial charge in [-0.25, -0.2) is 0 Å². The van der Waals surface area contributed by atoms with Gasteiger partial charge >= 0.3 is 0 Å². The molecule has 1 aliphatic heterocycles. The lowest BCUT2D eigenvalue weighted by Gasteiger charge is -2.40. The number of benzene rings is 1. The van der Waals surface area contributed by atoms with Gasteiger partial charge in [-0.05, 0) is 56.7 Å². The summed E-state index contributed by atoms with van der Waals surface area (Å²) in [6.07, 6.45) is 8.11. The number of nitrogens with one attached hydrogen (secondary N) is 2. The molecule has 3 atom stereocenters. The number of anilines is 1. The first kappa shape index (κ1) is 14.6. The van der Waals surface area contributed by atoms with Gasteiger partial charge in [0.15, 0.2) is 6.54 Å². The Kier molecular flexibility index (Phi) is 4.59. The third-order valence-corrected chi connectivity index (χ3v) is 5.20. The lowest BCUT2D eigenvalue weighted by Crippen LogP contribution is -3.18. The van der Waals surface area contributed by atoms with Crippen LogP contribution in [0.15, 0.2) is 24.3 Å². The largest absolute Gasteiger partial charge is 0.324 e. The number of quaternary nitrogens is 1. The number of rotatable bonds is 3. The van der Waals surface area contributed by atoms with E-state index in [2.05, 4.69) is 18.3 Å². The third kappa shape index (κ3) is 3.65. The second-order valence-corrected chi connectivity index (χ2v) is 6.80. The van der Waals surface area contributed by atoms with Gasteiger partial charge < -0.3 is 10.2 Å². The Morgan fingerprint density at radius 2 is 2.05 bits per heavy atom. The summed E-state index contributed by atoms with van der Waals surface area (Å²) in [4.78, 5) is 13.9. The predicted octanol–water partition coefficient (Wildman–Crippen LogP) is 2.17. The Morgan fingerprint density at radius 1 is 1.24 bits per heavy atom. The Labute approximate surface area is 127 Å². The summed E-state index contributed by atoms with van der Waals surface area (Å²) in [6.45, 7) is 3.86. The molecule has 0 spiro atoms. The Hall–Kier alpha value is -1.35. The molecule has 1 aromatic rings. The van der Waals surface area contributed by atoms with Crippen molar-refractivity contribution >= 4 is 11.6 Å². The van der Waals surface area contributed by atoms with Crippen LogP contribution in [-0.4, -0.2) is 25.0 Å². The van der Waals surface area contributed by atoms with Crippen molar-refractivity contribution in [2.24, 2.45) is 5.92 Å². The SMILES string of the molecule is Cc1cccc(NC(=O)C[NH+]2CCC[C@H]3CCCC[C@@H]32)c1. The van der Waals surface area contributed by atoms with Gasteiger partial charge in [0.05, 0.1) is 12.6 Å². The first-order chi connectivity index (χ1) is 10.2. The van der Waals surface area contributed by atoms with Crippen molar-refractivity contribution in [1.29, 1.82) is 0 Å². The molecule has 114 valence electrons. The number of carbonyl (C=O) groups excluding carboxylic acids is 1. The highest BCUT2D eigenvalue weighted by atomic mass is 16.2. The van der Waals surface area contributed by atoms with Gasteiger partial charge in [0.2, 0.25) is 0 Å². The van der Waals surface area contributed by atoms with Crippen molar-refractivity contribution in [3.05, 3.63) is 29.8 Å². The van der Waals surface area contributed by atoms with E-state index in [-0.39, 0.29) is 5.91 Å². The molecule has 1 saturated heterocycles. The molecule has 3 nitrogen and oxygen atoms in total. The summed E-state index contributed by atoms with van der Waals surface area (Å²) in [7, 11) is 0. The number of hydrogen-bond donors (Lipinski definition) is 2. The van der Waals surface area contributed by atoms with Crippen molar-refractivity contribution in [3.8, 4) is 0 Å². The van der Waals surface area contributed by atoms with Gasteiger partial charge in [0, 0.05) is 11.6 Å². The number of piperidine rings is 1. The zero-order valence-electron chi connectivity index (χ0n) is 13.0. The summed E-state index contributed by atoms with van der Waals surface area (Å²) in [5.74, 6) is 1.04. The van der Waals surface area contributed by atoms with E-state index in [4.69, 9.17) is 0 Å². The van der Waals surface area contributed by atoms with Crippen molar-refractivity contribution in [1.82, 2.24) is 0 Å². The molecule has 21 heavy (non-hydrogen) atoms. The second-order valence-electron chi connectivity index (χ2n) is 6.80. The summed E-state index contributed by atoms with van der Waals surface area (Å²) < 4.78 is 0. The van der Waals surface area contributed by atoms with Crippen LogP contribution in [0.2, 0.25) is 0 Å². The average Bonchev–Trinajstić information content (AvgIpc) is 2.47. The molecule has 2 aliphatic rings. The van der Waals surface area contributed by atoms with E-state index in [0.29, 0.717) is 6.54 Å². The van der Waals surface area contributed by atoms with Gasteiger partial charge in [-0.3, -0.25) is 4.79 Å². The Morgan fingerprint density at radius 3 is 2.90 bits per heavy atom. The maximum atomic E-state index is 12.3. The molecule has 1 aliphatic carbocycles. The van der Waals surface area contributed by atoms with Crippen LogP contribution in [0.25, 0.3) is 0 Å². The van der Waals surface area contributed by atoms with E-state index in [1.807, 2.05) is 18.2 Å². The molecular weight excluding hydrogens is 260 g/mol. The van der Waals surface area contributed by atoms with E-state index in [0.717, 1.165) is 17.6 Å². The maximum Gasteiger partial charge on any atom is 0.279 e. The molecule has 0 radical (unpaired) electrons. The molecule has 1 heterocycles. The second kappa shape index (κ2) is 6.61. The first-order valence-electron chi connectivity index (χ1n) is 8.43. The number of likely N-dealkylation sites (tertiary alicyclic amines) is 1. The number of fused-ring (bicyclic) bond motifs is 1. The number of hydrogen-bond acceptors (Lipinski definition) is 1. The van der Waals surface area contributed by atoms with E-state index in [9.17, 15) is 4.79 Å². The highest BCUT2D eigenvalue weighted by molar-refractivity contribution is 5.91. The Balaban J connectivity index is 1.58. The fourth-order valence-electron chi connectivity index (χ4n) is 4.22. The van der Waals surface area contributed by atoms with Crippen molar-refractivity contribution in [2.75, 3.05) is 18.4 Å². The minimum absolute atomic E-state index is 0.168. The monoisotopic (exact) mass is 287 g/mol. The predicted molar refractivity (Wildman–Crippen MR) is 85.5 cm³/mol. The highest BCUT2D eigenvalue weighted by Crippen LogP contribution is 2.28. The topological polar surface area (TPSA) is 33.5 Å². The average molecular weight is 287 g/mol. The van der Waals surface area contributed by atoms with Crippen LogP contribution in [0.3, 0.4) is 0 Å². The van der Waals surface area contributed by atoms with E-state index in [1.54, 1.807) is 0 Å². The molecular formula is C18H27N2O+. The van der Waals surface area contributed by atoms with Crippen molar-refractivity contribution in [3.63, 3.8) is 0 Å². The van der Waals surface area contributed by atoms with Crippen LogP contribution in [0.1, 0.15) is 44.1 Å². The van der Waals surface area contributed by atoms with E-state index in [1.165, 1.54) is 55.5 Å². The smallest absolute Gasteiger partial charge is 0.279 e. The van der Waals surface area contributed by atoms with Gasteiger partial charge in [0.25, 0.3) is 5.91 Å². The summed E-state index contributed by atoms with van der Waals surface area (Å²) in [5, 5.41) is 3.07. The molecule has 3 heteroatoms. The molecule has 2 N–H and O–H groups in total. The zero-order valence-corrected chi connectivity index (χ0v) is 13.0. The van der Waals surface area contributed by atoms with Gasteiger partial charge in [-0.1, -0.05) is 18.6 Å². The summed E-state index contributed by atoms with van der Waals surface area (Å²) >= 11 is 0. The van der Waals surface area contributed by atoms with Crippen LogP contribution in [-0.2, 0) is 4.79 Å². The Bertz CT molecular complexity index is 498. The molecule has 0 bridgehead atoms. The van der Waals surface area contributed by atoms with E-state index < -0.39 is 0 Å². The van der Waals surface area contributed by atoms with Crippen LogP contribution in [0, 0.1) is 12.8 Å². The van der Waals surface area contributed by atoms with Gasteiger partial charge in [-0.15, -0.1) is 0 Å². The molecule has 1 unspecified atom stereocenters. The standard InChI is InChI=1S/C18H26N2O/c1-14-6-4-9-16(12-14)19-18(21)13-20-11-5-8-15-7-2-3-10-17(15)20/h4,6,9,12,15,17H,2-3,5,7-8,10-11,13H2,1H3,(H,19,21)/p+1/t15-,17+/m1/s1. The normalized spacial score (nSPS) is 28.7. The van der Waals surface area contributed by atoms with Crippen molar-refractivity contribution < 1.29 is 9.69 Å². The minimum Gasteiger partial charge on any atom is -0.324 e. The van der Waals surface area contributed by atoms with Crippen LogP contribution in [0.4, 0.5) is 5.69 Å². The molecule has 3 rings (SSSR count). The van der Waals surface area contributed by atoms with E-state index >= 15 is 0 Å². The zero-order chi connectivity index (χ0) is 14.7. The quantitative estimate of drug-likeness (QED) is 0.878. The fraction of sp³-hybridized carbons (Fsp3) is 0.611. The molecule has 0 aromatic heterocycles. The number of carbonyl (C=O) groups is 1. The van der Waals surface area contributed by atoms with Crippen molar-refractivity contribution in [2.45, 2.75) is 51.5 Å². The highest BCUT2D eigenvalue weighted by Gasteiger charge is 2.37. The lowest BCUT2D eigenvalue weighted by molar-refractivity contribution is -0.928. The number of amides is 1. The fourth-order valence-corrected chi connectivity index (χ4v) is 4.22. The van der Waals surface area contributed by atoms with Gasteiger partial charge in [0.1, 0.15) is 0 Å². The van der Waals surface area contributed by atoms with Crippen LogP contribution < -0.4 is 10.2 Å². The molecule has 1 saturated carbocycles. The third-order valence-electron chi connectivity index (χ3n) is 5.20. The van der Waals surface area contributed by atoms with Crippen LogP contribution in [0.5, 0.6) is 0 Å². The first-order valence-corrected chi connectivity index (χ1v) is 8.43. The summed E-state index contributed by atoms with van der Waals surface area (Å²) in [5.41, 5.74) is 2.11. The molecule has 1 aromatic carbocycles. The maximum absolute atomic E-state index is 12.3. The minimum atomic E-state index is 0.168. The lowest BCUT2D eigenvalue weighted by atomic mass is 9.78. The molecule has 2 fully saturated rings. The van der Waals surface area contributed by atoms with Crippen LogP contribution >= 0.6 is 0 Å².